The van der Waals surface area contributed by atoms with Gasteiger partial charge in [0.2, 0.25) is 0 Å². The molecule has 0 spiro atoms. The monoisotopic (exact) mass is 238 g/mol. The van der Waals surface area contributed by atoms with Gasteiger partial charge in [0, 0.05) is 31.1 Å². The third kappa shape index (κ3) is 2.83. The first-order valence-electron chi connectivity index (χ1n) is 5.52. The molecule has 1 aliphatic rings. The smallest absolute Gasteiger partial charge is 0.141 e. The van der Waals surface area contributed by atoms with Gasteiger partial charge in [0.1, 0.15) is 5.75 Å². The molecular weight excluding hydrogens is 220 g/mol. The van der Waals surface area contributed by atoms with E-state index in [4.69, 9.17) is 10.5 Å². The lowest BCUT2D eigenvalue weighted by molar-refractivity contribution is 0.294. The Hall–Kier alpha value is -0.870. The lowest BCUT2D eigenvalue weighted by Gasteiger charge is -2.26. The van der Waals surface area contributed by atoms with Crippen LogP contribution in [0.5, 0.6) is 5.75 Å². The summed E-state index contributed by atoms with van der Waals surface area (Å²) in [4.78, 5) is 2.47. The Morgan fingerprint density at radius 1 is 1.38 bits per heavy atom. The predicted molar refractivity (Wildman–Crippen MR) is 70.0 cm³/mol. The molecule has 1 saturated heterocycles. The number of anilines is 1. The maximum absolute atomic E-state index is 5.89. The summed E-state index contributed by atoms with van der Waals surface area (Å²) in [6.45, 7) is 3.35. The molecule has 4 heteroatoms. The lowest BCUT2D eigenvalue weighted by atomic mass is 10.1. The number of benzene rings is 1. The van der Waals surface area contributed by atoms with Crippen LogP contribution in [0, 0.1) is 0 Å². The molecule has 0 amide bonds. The van der Waals surface area contributed by atoms with Gasteiger partial charge in [-0.3, -0.25) is 4.90 Å². The summed E-state index contributed by atoms with van der Waals surface area (Å²) in [6, 6.07) is 6.06. The summed E-state index contributed by atoms with van der Waals surface area (Å²) < 4.78 is 5.15. The molecule has 0 radical (unpaired) electrons. The molecule has 0 saturated carbocycles. The Kier molecular flexibility index (Phi) is 3.96. The minimum Gasteiger partial charge on any atom is -0.495 e. The van der Waals surface area contributed by atoms with Crippen LogP contribution >= 0.6 is 11.8 Å². The predicted octanol–water partition coefficient (Wildman–Crippen LogP) is 1.83. The SMILES string of the molecule is COc1ccc(CN2CCSCC2)cc1N. The van der Waals surface area contributed by atoms with E-state index >= 15 is 0 Å². The van der Waals surface area contributed by atoms with E-state index in [1.54, 1.807) is 7.11 Å². The van der Waals surface area contributed by atoms with Crippen molar-refractivity contribution in [2.45, 2.75) is 6.54 Å². The third-order valence-electron chi connectivity index (χ3n) is 2.80. The molecule has 0 aromatic heterocycles. The zero-order valence-corrected chi connectivity index (χ0v) is 10.4. The second-order valence-electron chi connectivity index (χ2n) is 3.96. The molecule has 1 fully saturated rings. The van der Waals surface area contributed by atoms with Gasteiger partial charge < -0.3 is 10.5 Å². The van der Waals surface area contributed by atoms with E-state index in [0.29, 0.717) is 0 Å². The van der Waals surface area contributed by atoms with Crippen LogP contribution in [0.1, 0.15) is 5.56 Å². The van der Waals surface area contributed by atoms with Gasteiger partial charge in [-0.25, -0.2) is 0 Å². The summed E-state index contributed by atoms with van der Waals surface area (Å²) in [5, 5.41) is 0. The molecule has 16 heavy (non-hydrogen) atoms. The summed E-state index contributed by atoms with van der Waals surface area (Å²) in [7, 11) is 1.65. The van der Waals surface area contributed by atoms with E-state index in [1.165, 1.54) is 30.2 Å². The molecular formula is C12H18N2OS. The van der Waals surface area contributed by atoms with Crippen molar-refractivity contribution >= 4 is 17.4 Å². The van der Waals surface area contributed by atoms with Crippen molar-refractivity contribution in [3.05, 3.63) is 23.8 Å². The first kappa shape index (κ1) is 11.6. The average Bonchev–Trinajstić information content (AvgIpc) is 2.31. The van der Waals surface area contributed by atoms with Crippen molar-refractivity contribution in [1.82, 2.24) is 4.90 Å². The second kappa shape index (κ2) is 5.46. The molecule has 0 bridgehead atoms. The molecule has 1 aliphatic heterocycles. The fraction of sp³-hybridized carbons (Fsp3) is 0.500. The Bertz CT molecular complexity index is 351. The number of thioether (sulfide) groups is 1. The highest BCUT2D eigenvalue weighted by Crippen LogP contribution is 2.23. The normalized spacial score (nSPS) is 17.3. The zero-order chi connectivity index (χ0) is 11.4. The van der Waals surface area contributed by atoms with Gasteiger partial charge in [-0.2, -0.15) is 11.8 Å². The van der Waals surface area contributed by atoms with Crippen molar-refractivity contribution in [3.8, 4) is 5.75 Å². The summed E-state index contributed by atoms with van der Waals surface area (Å²) >= 11 is 2.03. The quantitative estimate of drug-likeness (QED) is 0.815. The highest BCUT2D eigenvalue weighted by atomic mass is 32.2. The number of ether oxygens (including phenoxy) is 1. The molecule has 1 heterocycles. The van der Waals surface area contributed by atoms with Crippen LogP contribution < -0.4 is 10.5 Å². The second-order valence-corrected chi connectivity index (χ2v) is 5.19. The van der Waals surface area contributed by atoms with Crippen molar-refractivity contribution in [2.75, 3.05) is 37.4 Å². The van der Waals surface area contributed by atoms with Crippen molar-refractivity contribution < 1.29 is 4.74 Å². The van der Waals surface area contributed by atoms with Crippen LogP contribution in [0.15, 0.2) is 18.2 Å². The number of hydrogen-bond acceptors (Lipinski definition) is 4. The number of methoxy groups -OCH3 is 1. The zero-order valence-electron chi connectivity index (χ0n) is 9.61. The lowest BCUT2D eigenvalue weighted by Crippen LogP contribution is -2.31. The largest absolute Gasteiger partial charge is 0.495 e. The van der Waals surface area contributed by atoms with Crippen LogP contribution in [0.2, 0.25) is 0 Å². The van der Waals surface area contributed by atoms with Crippen LogP contribution in [0.3, 0.4) is 0 Å². The van der Waals surface area contributed by atoms with E-state index in [1.807, 2.05) is 23.9 Å². The molecule has 88 valence electrons. The highest BCUT2D eigenvalue weighted by Gasteiger charge is 2.11. The number of nitrogens with zero attached hydrogens (tertiary/aromatic N) is 1. The highest BCUT2D eigenvalue weighted by molar-refractivity contribution is 7.99. The van der Waals surface area contributed by atoms with Gasteiger partial charge in [0.05, 0.1) is 12.8 Å². The van der Waals surface area contributed by atoms with Gasteiger partial charge >= 0.3 is 0 Å². The van der Waals surface area contributed by atoms with E-state index in [2.05, 4.69) is 11.0 Å². The first-order chi connectivity index (χ1) is 7.79. The number of rotatable bonds is 3. The molecule has 1 aromatic rings. The minimum absolute atomic E-state index is 0.728. The summed E-state index contributed by atoms with van der Waals surface area (Å²) in [5.41, 5.74) is 7.89. The van der Waals surface area contributed by atoms with Crippen molar-refractivity contribution in [1.29, 1.82) is 0 Å². The maximum Gasteiger partial charge on any atom is 0.141 e. The fourth-order valence-electron chi connectivity index (χ4n) is 1.90. The maximum atomic E-state index is 5.89. The minimum atomic E-state index is 0.728. The van der Waals surface area contributed by atoms with Crippen molar-refractivity contribution in [3.63, 3.8) is 0 Å². The van der Waals surface area contributed by atoms with Gasteiger partial charge in [-0.05, 0) is 17.7 Å². The Morgan fingerprint density at radius 2 is 2.12 bits per heavy atom. The number of nitrogens with two attached hydrogens (primary N) is 1. The molecule has 2 rings (SSSR count). The topological polar surface area (TPSA) is 38.5 Å². The molecule has 2 N–H and O–H groups in total. The number of nitrogen functional groups attached to an aromatic ring is 1. The van der Waals surface area contributed by atoms with E-state index in [9.17, 15) is 0 Å². The molecule has 3 nitrogen and oxygen atoms in total. The molecule has 0 atom stereocenters. The molecule has 1 aromatic carbocycles. The van der Waals surface area contributed by atoms with Crippen molar-refractivity contribution in [2.24, 2.45) is 0 Å². The van der Waals surface area contributed by atoms with Gasteiger partial charge in [0.25, 0.3) is 0 Å². The Labute approximate surface area is 101 Å². The van der Waals surface area contributed by atoms with Gasteiger partial charge in [-0.1, -0.05) is 6.07 Å². The number of hydrogen-bond donors (Lipinski definition) is 1. The van der Waals surface area contributed by atoms with E-state index < -0.39 is 0 Å². The van der Waals surface area contributed by atoms with E-state index in [-0.39, 0.29) is 0 Å². The van der Waals surface area contributed by atoms with Crippen LogP contribution in [-0.2, 0) is 6.54 Å². The van der Waals surface area contributed by atoms with Gasteiger partial charge in [-0.15, -0.1) is 0 Å². The third-order valence-corrected chi connectivity index (χ3v) is 3.75. The standard InChI is InChI=1S/C12H18N2OS/c1-15-12-3-2-10(8-11(12)13)9-14-4-6-16-7-5-14/h2-3,8H,4-7,9,13H2,1H3. The Morgan fingerprint density at radius 3 is 2.75 bits per heavy atom. The van der Waals surface area contributed by atoms with Crippen LogP contribution in [0.4, 0.5) is 5.69 Å². The van der Waals surface area contributed by atoms with Gasteiger partial charge in [0.15, 0.2) is 0 Å². The summed E-state index contributed by atoms with van der Waals surface area (Å²) in [6.07, 6.45) is 0. The Balaban J connectivity index is 2.01. The van der Waals surface area contributed by atoms with E-state index in [0.717, 1.165) is 18.0 Å². The molecule has 0 unspecified atom stereocenters. The molecule has 0 aliphatic carbocycles. The fourth-order valence-corrected chi connectivity index (χ4v) is 2.88. The first-order valence-corrected chi connectivity index (χ1v) is 6.67. The summed E-state index contributed by atoms with van der Waals surface area (Å²) in [5.74, 6) is 3.25. The average molecular weight is 238 g/mol. The van der Waals surface area contributed by atoms with Crippen LogP contribution in [0.25, 0.3) is 0 Å². The van der Waals surface area contributed by atoms with Crippen LogP contribution in [-0.4, -0.2) is 36.6 Å².